The second-order valence-corrected chi connectivity index (χ2v) is 5.48. The van der Waals surface area contributed by atoms with Crippen molar-refractivity contribution in [3.8, 4) is 0 Å². The van der Waals surface area contributed by atoms with Crippen LogP contribution in [0.5, 0.6) is 0 Å². The van der Waals surface area contributed by atoms with Gasteiger partial charge in [0.15, 0.2) is 0 Å². The highest BCUT2D eigenvalue weighted by Crippen LogP contribution is 2.19. The highest BCUT2D eigenvalue weighted by atomic mass is 16.2. The van der Waals surface area contributed by atoms with Crippen LogP contribution in [0, 0.1) is 0 Å². The summed E-state index contributed by atoms with van der Waals surface area (Å²) in [6, 6.07) is 0.00737. The predicted octanol–water partition coefficient (Wildman–Crippen LogP) is 0.883. The molecule has 0 aliphatic carbocycles. The monoisotopic (exact) mass is 227 g/mol. The Morgan fingerprint density at radius 1 is 1.44 bits per heavy atom. The summed E-state index contributed by atoms with van der Waals surface area (Å²) in [5.41, 5.74) is 0.00817. The zero-order chi connectivity index (χ0) is 12.5. The molecule has 2 unspecified atom stereocenters. The Labute approximate surface area is 99.0 Å². The van der Waals surface area contributed by atoms with Crippen molar-refractivity contribution in [3.63, 3.8) is 0 Å². The van der Waals surface area contributed by atoms with Crippen LogP contribution >= 0.6 is 0 Å². The fourth-order valence-electron chi connectivity index (χ4n) is 1.91. The van der Waals surface area contributed by atoms with Gasteiger partial charge in [-0.3, -0.25) is 10.1 Å². The zero-order valence-electron chi connectivity index (χ0n) is 11.4. The van der Waals surface area contributed by atoms with Gasteiger partial charge in [0.2, 0.25) is 5.91 Å². The van der Waals surface area contributed by atoms with Gasteiger partial charge in [-0.1, -0.05) is 6.92 Å². The van der Waals surface area contributed by atoms with E-state index in [1.165, 1.54) is 0 Å². The molecule has 4 heteroatoms. The Kier molecular flexibility index (Phi) is 3.97. The Balaban J connectivity index is 2.71. The molecule has 1 N–H and O–H groups in total. The third-order valence-electron chi connectivity index (χ3n) is 3.67. The summed E-state index contributed by atoms with van der Waals surface area (Å²) in [7, 11) is 4.10. The molecule has 1 fully saturated rings. The summed E-state index contributed by atoms with van der Waals surface area (Å²) in [5.74, 6) is 0.241. The molecule has 0 bridgehead atoms. The van der Waals surface area contributed by atoms with Crippen molar-refractivity contribution < 1.29 is 4.79 Å². The molecule has 0 saturated carbocycles. The molecule has 0 aromatic carbocycles. The number of carbonyl (C=O) groups excluding carboxylic acids is 1. The van der Waals surface area contributed by atoms with Gasteiger partial charge in [-0.25, -0.2) is 0 Å². The predicted molar refractivity (Wildman–Crippen MR) is 66.2 cm³/mol. The van der Waals surface area contributed by atoms with Gasteiger partial charge in [0.25, 0.3) is 0 Å². The van der Waals surface area contributed by atoms with Crippen molar-refractivity contribution in [3.05, 3.63) is 0 Å². The molecule has 1 saturated heterocycles. The fraction of sp³-hybridized carbons (Fsp3) is 0.917. The van der Waals surface area contributed by atoms with Crippen LogP contribution in [0.4, 0.5) is 0 Å². The lowest BCUT2D eigenvalue weighted by molar-refractivity contribution is -0.131. The lowest BCUT2D eigenvalue weighted by Gasteiger charge is -2.37. The van der Waals surface area contributed by atoms with Gasteiger partial charge in [0.1, 0.15) is 0 Å². The molecule has 1 rings (SSSR count). The maximum Gasteiger partial charge on any atom is 0.241 e. The summed E-state index contributed by atoms with van der Waals surface area (Å²) in [5, 5.41) is 3.32. The normalized spacial score (nSPS) is 26.9. The molecule has 0 aromatic rings. The van der Waals surface area contributed by atoms with E-state index in [-0.39, 0.29) is 23.7 Å². The van der Waals surface area contributed by atoms with E-state index in [9.17, 15) is 4.79 Å². The highest BCUT2D eigenvalue weighted by Gasteiger charge is 2.38. The van der Waals surface area contributed by atoms with Crippen molar-refractivity contribution in [1.29, 1.82) is 0 Å². The lowest BCUT2D eigenvalue weighted by Crippen LogP contribution is -2.51. The average Bonchev–Trinajstić information content (AvgIpc) is 2.44. The van der Waals surface area contributed by atoms with E-state index in [2.05, 4.69) is 45.1 Å². The number of carbonyl (C=O) groups is 1. The van der Waals surface area contributed by atoms with Crippen LogP contribution in [0.2, 0.25) is 0 Å². The standard InChI is InChI=1S/C12H25N3O/c1-7-10-11(16)15(9(2)13-10)8-12(3,4)14(5)6/h9-10,13H,7-8H2,1-6H3. The van der Waals surface area contributed by atoms with E-state index in [4.69, 9.17) is 0 Å². The quantitative estimate of drug-likeness (QED) is 0.774. The number of amides is 1. The van der Waals surface area contributed by atoms with Gasteiger partial charge in [-0.05, 0) is 41.3 Å². The summed E-state index contributed by atoms with van der Waals surface area (Å²) in [4.78, 5) is 16.2. The minimum Gasteiger partial charge on any atom is -0.324 e. The molecule has 0 spiro atoms. The third kappa shape index (κ3) is 2.55. The molecule has 94 valence electrons. The first kappa shape index (κ1) is 13.5. The Hall–Kier alpha value is -0.610. The zero-order valence-corrected chi connectivity index (χ0v) is 11.4. The van der Waals surface area contributed by atoms with Crippen LogP contribution < -0.4 is 5.32 Å². The number of hydrogen-bond acceptors (Lipinski definition) is 3. The second-order valence-electron chi connectivity index (χ2n) is 5.48. The lowest BCUT2D eigenvalue weighted by atomic mass is 10.0. The van der Waals surface area contributed by atoms with Gasteiger partial charge in [0, 0.05) is 12.1 Å². The van der Waals surface area contributed by atoms with Crippen molar-refractivity contribution >= 4 is 5.91 Å². The number of likely N-dealkylation sites (N-methyl/N-ethyl adjacent to an activating group) is 1. The Morgan fingerprint density at radius 2 is 2.00 bits per heavy atom. The molecule has 4 nitrogen and oxygen atoms in total. The van der Waals surface area contributed by atoms with Gasteiger partial charge in [0.05, 0.1) is 12.2 Å². The fourth-order valence-corrected chi connectivity index (χ4v) is 1.91. The van der Waals surface area contributed by atoms with Gasteiger partial charge in [-0.2, -0.15) is 0 Å². The van der Waals surface area contributed by atoms with Gasteiger partial charge >= 0.3 is 0 Å². The first-order valence-corrected chi connectivity index (χ1v) is 6.03. The maximum atomic E-state index is 12.1. The topological polar surface area (TPSA) is 35.6 Å². The largest absolute Gasteiger partial charge is 0.324 e. The van der Waals surface area contributed by atoms with E-state index in [0.29, 0.717) is 0 Å². The smallest absolute Gasteiger partial charge is 0.241 e. The van der Waals surface area contributed by atoms with E-state index in [0.717, 1.165) is 13.0 Å². The van der Waals surface area contributed by atoms with Crippen LogP contribution in [0.15, 0.2) is 0 Å². The molecular formula is C12H25N3O. The van der Waals surface area contributed by atoms with Crippen LogP contribution in [0.25, 0.3) is 0 Å². The minimum atomic E-state index is 0.00737. The van der Waals surface area contributed by atoms with Gasteiger partial charge < -0.3 is 9.80 Å². The summed E-state index contributed by atoms with van der Waals surface area (Å²) >= 11 is 0. The Morgan fingerprint density at radius 3 is 2.38 bits per heavy atom. The number of nitrogens with one attached hydrogen (secondary N) is 1. The molecule has 2 atom stereocenters. The Bertz CT molecular complexity index is 263. The molecule has 16 heavy (non-hydrogen) atoms. The van der Waals surface area contributed by atoms with E-state index in [1.807, 2.05) is 11.8 Å². The van der Waals surface area contributed by atoms with Crippen LogP contribution in [0.3, 0.4) is 0 Å². The molecule has 1 heterocycles. The number of nitrogens with zero attached hydrogens (tertiary/aromatic N) is 2. The van der Waals surface area contributed by atoms with Crippen LogP contribution in [-0.4, -0.2) is 54.1 Å². The third-order valence-corrected chi connectivity index (χ3v) is 3.67. The summed E-state index contributed by atoms with van der Waals surface area (Å²) < 4.78 is 0. The van der Waals surface area contributed by atoms with E-state index in [1.54, 1.807) is 0 Å². The molecule has 1 amide bonds. The first-order chi connectivity index (χ1) is 7.29. The highest BCUT2D eigenvalue weighted by molar-refractivity contribution is 5.84. The summed E-state index contributed by atoms with van der Waals surface area (Å²) in [6.07, 6.45) is 1.01. The summed E-state index contributed by atoms with van der Waals surface area (Å²) in [6.45, 7) is 9.18. The van der Waals surface area contributed by atoms with Crippen LogP contribution in [-0.2, 0) is 4.79 Å². The molecule has 0 radical (unpaired) electrons. The van der Waals surface area contributed by atoms with Crippen molar-refractivity contribution in [2.24, 2.45) is 0 Å². The van der Waals surface area contributed by atoms with E-state index < -0.39 is 0 Å². The van der Waals surface area contributed by atoms with Crippen molar-refractivity contribution in [2.45, 2.75) is 51.9 Å². The first-order valence-electron chi connectivity index (χ1n) is 6.03. The van der Waals surface area contributed by atoms with Gasteiger partial charge in [-0.15, -0.1) is 0 Å². The second kappa shape index (κ2) is 4.72. The van der Waals surface area contributed by atoms with Crippen LogP contribution in [0.1, 0.15) is 34.1 Å². The molecular weight excluding hydrogens is 202 g/mol. The molecule has 1 aliphatic heterocycles. The minimum absolute atomic E-state index is 0.00737. The van der Waals surface area contributed by atoms with E-state index >= 15 is 0 Å². The maximum absolute atomic E-state index is 12.1. The van der Waals surface area contributed by atoms with Crippen molar-refractivity contribution in [2.75, 3.05) is 20.6 Å². The number of rotatable bonds is 4. The van der Waals surface area contributed by atoms with Crippen molar-refractivity contribution in [1.82, 2.24) is 15.1 Å². The average molecular weight is 227 g/mol. The molecule has 1 aliphatic rings. The molecule has 0 aromatic heterocycles. The SMILES string of the molecule is CCC1NC(C)N(CC(C)(C)N(C)C)C1=O. The number of hydrogen-bond donors (Lipinski definition) is 1.